The normalized spacial score (nSPS) is 19.3. The summed E-state index contributed by atoms with van der Waals surface area (Å²) in [5, 5.41) is 0.548. The Morgan fingerprint density at radius 1 is 1.20 bits per heavy atom. The van der Waals surface area contributed by atoms with E-state index in [4.69, 9.17) is 4.74 Å². The van der Waals surface area contributed by atoms with Gasteiger partial charge in [-0.05, 0) is 39.8 Å². The van der Waals surface area contributed by atoms with Gasteiger partial charge < -0.3 is 9.72 Å². The number of para-hydroxylation sites is 1. The van der Waals surface area contributed by atoms with Gasteiger partial charge in [-0.3, -0.25) is 14.7 Å². The van der Waals surface area contributed by atoms with Crippen molar-refractivity contribution >= 4 is 34.5 Å². The Morgan fingerprint density at radius 2 is 1.97 bits per heavy atom. The Kier molecular flexibility index (Phi) is 5.32. The molecule has 30 heavy (non-hydrogen) atoms. The van der Waals surface area contributed by atoms with Crippen molar-refractivity contribution in [3.63, 3.8) is 0 Å². The molecule has 0 saturated carbocycles. The molecule has 1 unspecified atom stereocenters. The molecule has 1 aliphatic rings. The maximum absolute atomic E-state index is 13.7. The number of fused-ring (bicyclic) bond motifs is 1. The van der Waals surface area contributed by atoms with Crippen LogP contribution in [0, 0.1) is 6.92 Å². The lowest BCUT2D eigenvalue weighted by Gasteiger charge is -2.31. The number of carbonyl (C=O) groups excluding carboxylic acids is 2. The number of hydrogen-bond acceptors (Lipinski definition) is 5. The summed E-state index contributed by atoms with van der Waals surface area (Å²) in [7, 11) is 0. The van der Waals surface area contributed by atoms with Crippen LogP contribution in [-0.4, -0.2) is 44.1 Å². The van der Waals surface area contributed by atoms with Crippen LogP contribution in [0.3, 0.4) is 0 Å². The first-order valence-electron chi connectivity index (χ1n) is 9.90. The molecule has 0 bridgehead atoms. The van der Waals surface area contributed by atoms with Crippen LogP contribution >= 0.6 is 11.8 Å². The molecule has 2 atom stereocenters. The summed E-state index contributed by atoms with van der Waals surface area (Å²) in [4.78, 5) is 35.9. The monoisotopic (exact) mass is 423 g/mol. The molecule has 4 rings (SSSR count). The van der Waals surface area contributed by atoms with E-state index in [2.05, 4.69) is 9.97 Å². The van der Waals surface area contributed by atoms with E-state index in [0.29, 0.717) is 11.3 Å². The molecule has 1 amide bonds. The van der Waals surface area contributed by atoms with Crippen molar-refractivity contribution in [2.24, 2.45) is 0 Å². The van der Waals surface area contributed by atoms with Gasteiger partial charge in [-0.15, -0.1) is 11.8 Å². The predicted octanol–water partition coefficient (Wildman–Crippen LogP) is 5.11. The molecule has 7 heteroatoms. The number of H-pyrrole nitrogens is 1. The first-order chi connectivity index (χ1) is 14.3. The number of thioether (sulfide) groups is 1. The molecule has 1 aromatic carbocycles. The third-order valence-electron chi connectivity index (χ3n) is 5.02. The predicted molar refractivity (Wildman–Crippen MR) is 119 cm³/mol. The minimum absolute atomic E-state index is 0.0744. The van der Waals surface area contributed by atoms with Gasteiger partial charge in [0.1, 0.15) is 17.0 Å². The van der Waals surface area contributed by atoms with Crippen molar-refractivity contribution in [1.29, 1.82) is 0 Å². The Morgan fingerprint density at radius 3 is 2.67 bits per heavy atom. The molecule has 1 aliphatic heterocycles. The third-order valence-corrected chi connectivity index (χ3v) is 6.34. The molecule has 0 spiro atoms. The first kappa shape index (κ1) is 20.5. The molecule has 1 fully saturated rings. The number of nitrogens with one attached hydrogen (secondary N) is 1. The van der Waals surface area contributed by atoms with Crippen LogP contribution in [0.25, 0.3) is 10.9 Å². The molecule has 1 N–H and O–H groups in total. The van der Waals surface area contributed by atoms with Crippen LogP contribution in [0.15, 0.2) is 48.8 Å². The lowest BCUT2D eigenvalue weighted by Crippen LogP contribution is -2.45. The number of benzene rings is 1. The van der Waals surface area contributed by atoms with Crippen LogP contribution in [-0.2, 0) is 4.74 Å². The van der Waals surface area contributed by atoms with E-state index in [1.807, 2.05) is 64.1 Å². The zero-order valence-corrected chi connectivity index (χ0v) is 18.3. The number of carbonyl (C=O) groups is 2. The number of ketones is 1. The van der Waals surface area contributed by atoms with Crippen LogP contribution in [0.2, 0.25) is 0 Å². The van der Waals surface area contributed by atoms with Gasteiger partial charge in [-0.1, -0.05) is 24.3 Å². The van der Waals surface area contributed by atoms with Gasteiger partial charge in [0.2, 0.25) is 0 Å². The number of rotatable bonds is 3. The minimum atomic E-state index is -0.659. The highest BCUT2D eigenvalue weighted by atomic mass is 32.2. The van der Waals surface area contributed by atoms with E-state index in [-0.39, 0.29) is 11.2 Å². The number of Topliss-reactive ketones (excluding diaryl/α,β-unsaturated/α-hetero) is 1. The van der Waals surface area contributed by atoms with Crippen molar-refractivity contribution in [3.8, 4) is 0 Å². The maximum Gasteiger partial charge on any atom is 0.412 e. The quantitative estimate of drug-likeness (QED) is 0.593. The number of aromatic nitrogens is 2. The highest BCUT2D eigenvalue weighted by molar-refractivity contribution is 7.99. The zero-order chi connectivity index (χ0) is 21.5. The second kappa shape index (κ2) is 7.80. The third kappa shape index (κ3) is 3.81. The molecule has 2 aromatic heterocycles. The van der Waals surface area contributed by atoms with E-state index in [1.54, 1.807) is 29.1 Å². The molecule has 156 valence electrons. The van der Waals surface area contributed by atoms with Crippen molar-refractivity contribution in [2.75, 3.05) is 5.75 Å². The summed E-state index contributed by atoms with van der Waals surface area (Å²) in [5.41, 5.74) is 2.57. The highest BCUT2D eigenvalue weighted by Crippen LogP contribution is 2.43. The van der Waals surface area contributed by atoms with Crippen molar-refractivity contribution < 1.29 is 14.3 Å². The molecule has 3 aromatic rings. The number of amides is 1. The number of hydrogen-bond donors (Lipinski definition) is 1. The molecule has 6 nitrogen and oxygen atoms in total. The molecule has 1 saturated heterocycles. The summed E-state index contributed by atoms with van der Waals surface area (Å²) < 4.78 is 5.68. The topological polar surface area (TPSA) is 75.3 Å². The highest BCUT2D eigenvalue weighted by Gasteiger charge is 2.45. The van der Waals surface area contributed by atoms with E-state index in [1.165, 1.54) is 0 Å². The van der Waals surface area contributed by atoms with Gasteiger partial charge in [-0.2, -0.15) is 0 Å². The Labute approximate surface area is 180 Å². The number of pyridine rings is 1. The fourth-order valence-corrected chi connectivity index (χ4v) is 5.19. The second-order valence-corrected chi connectivity index (χ2v) is 9.52. The maximum atomic E-state index is 13.7. The van der Waals surface area contributed by atoms with Crippen LogP contribution < -0.4 is 0 Å². The summed E-state index contributed by atoms with van der Waals surface area (Å²) in [6.45, 7) is 7.38. The van der Waals surface area contributed by atoms with Crippen LogP contribution in [0.1, 0.15) is 47.8 Å². The molecule has 0 aliphatic carbocycles. The summed E-state index contributed by atoms with van der Waals surface area (Å²) in [6, 6.07) is 10.9. The average Bonchev–Trinajstić information content (AvgIpc) is 3.27. The van der Waals surface area contributed by atoms with Gasteiger partial charge in [0.15, 0.2) is 5.78 Å². The Balaban J connectivity index is 1.74. The molecular weight excluding hydrogens is 398 g/mol. The summed E-state index contributed by atoms with van der Waals surface area (Å²) >= 11 is 1.56. The van der Waals surface area contributed by atoms with E-state index in [9.17, 15) is 9.59 Å². The lowest BCUT2D eigenvalue weighted by atomic mass is 10.0. The standard InChI is InChI=1S/C23H25N3O3S/c1-14-19(16-9-5-6-10-17(16)25-14)20(27)18-13-30-21(15-8-7-11-24-12-15)26(18)22(28)29-23(2,3)4/h5-12,18,21,25H,13H2,1-4H3/t18-,21?/m0/s1. The van der Waals surface area contributed by atoms with E-state index in [0.717, 1.165) is 22.2 Å². The van der Waals surface area contributed by atoms with Crippen LogP contribution in [0.4, 0.5) is 4.79 Å². The minimum Gasteiger partial charge on any atom is -0.444 e. The zero-order valence-electron chi connectivity index (χ0n) is 17.5. The molecule has 3 heterocycles. The van der Waals surface area contributed by atoms with Gasteiger partial charge >= 0.3 is 6.09 Å². The van der Waals surface area contributed by atoms with Crippen LogP contribution in [0.5, 0.6) is 0 Å². The fourth-order valence-electron chi connectivity index (χ4n) is 3.79. The van der Waals surface area contributed by atoms with Crippen molar-refractivity contribution in [3.05, 3.63) is 65.6 Å². The number of nitrogens with zero attached hydrogens (tertiary/aromatic N) is 2. The summed E-state index contributed by atoms with van der Waals surface area (Å²) in [5.74, 6) is 0.422. The number of aromatic amines is 1. The SMILES string of the molecule is Cc1[nH]c2ccccc2c1C(=O)[C@@H]1CSC(c2cccnc2)N1C(=O)OC(C)(C)C. The largest absolute Gasteiger partial charge is 0.444 e. The second-order valence-electron chi connectivity index (χ2n) is 8.41. The Hall–Kier alpha value is -2.80. The number of aryl methyl sites for hydroxylation is 1. The summed E-state index contributed by atoms with van der Waals surface area (Å²) in [6.07, 6.45) is 2.94. The van der Waals surface area contributed by atoms with Crippen molar-refractivity contribution in [1.82, 2.24) is 14.9 Å². The first-order valence-corrected chi connectivity index (χ1v) is 11.0. The van der Waals surface area contributed by atoms with E-state index >= 15 is 0 Å². The van der Waals surface area contributed by atoms with Gasteiger partial charge in [0.05, 0.1) is 0 Å². The van der Waals surface area contributed by atoms with Gasteiger partial charge in [0, 0.05) is 45.9 Å². The van der Waals surface area contributed by atoms with E-state index < -0.39 is 17.7 Å². The van der Waals surface area contributed by atoms with Gasteiger partial charge in [-0.25, -0.2) is 4.79 Å². The molecular formula is C23H25N3O3S. The Bertz CT molecular complexity index is 1090. The number of ether oxygens (including phenoxy) is 1. The molecule has 0 radical (unpaired) electrons. The smallest absolute Gasteiger partial charge is 0.412 e. The fraction of sp³-hybridized carbons (Fsp3) is 0.348. The lowest BCUT2D eigenvalue weighted by molar-refractivity contribution is 0.0172. The van der Waals surface area contributed by atoms with Crippen molar-refractivity contribution in [2.45, 2.75) is 44.7 Å². The average molecular weight is 424 g/mol. The van der Waals surface area contributed by atoms with Gasteiger partial charge in [0.25, 0.3) is 0 Å².